The summed E-state index contributed by atoms with van der Waals surface area (Å²) in [5.41, 5.74) is 0.803. The highest BCUT2D eigenvalue weighted by Gasteiger charge is 2.62. The van der Waals surface area contributed by atoms with Gasteiger partial charge in [0.2, 0.25) is 5.91 Å². The number of fused-ring (bicyclic) bond motifs is 5. The third kappa shape index (κ3) is 2.67. The smallest absolute Gasteiger partial charge is 0.222 e. The van der Waals surface area contributed by atoms with Crippen molar-refractivity contribution in [2.24, 2.45) is 34.5 Å². The van der Waals surface area contributed by atoms with E-state index in [9.17, 15) is 4.79 Å². The van der Waals surface area contributed by atoms with Crippen LogP contribution in [0.15, 0.2) is 0 Å². The first-order chi connectivity index (χ1) is 12.3. The molecule has 3 aliphatic carbocycles. The Morgan fingerprint density at radius 2 is 1.96 bits per heavy atom. The van der Waals surface area contributed by atoms with E-state index in [0.29, 0.717) is 28.9 Å². The van der Waals surface area contributed by atoms with Crippen molar-refractivity contribution in [2.45, 2.75) is 91.2 Å². The molecule has 3 saturated carbocycles. The molecule has 1 saturated heterocycles. The summed E-state index contributed by atoms with van der Waals surface area (Å²) in [5.74, 6) is 3.52. The van der Waals surface area contributed by atoms with Crippen LogP contribution in [0.4, 0.5) is 0 Å². The Labute approximate surface area is 160 Å². The SMILES string of the molecule is CCCO[C@H]1CC2C3C(CC[C@]2(C)C1)[C@@]1(C)CCC(=O)N(C)C1C[C@@H]3C. The van der Waals surface area contributed by atoms with Gasteiger partial charge in [-0.25, -0.2) is 0 Å². The maximum Gasteiger partial charge on any atom is 0.222 e. The molecule has 4 aliphatic rings. The van der Waals surface area contributed by atoms with Crippen molar-refractivity contribution >= 4 is 5.91 Å². The van der Waals surface area contributed by atoms with Crippen molar-refractivity contribution in [3.05, 3.63) is 0 Å². The summed E-state index contributed by atoms with van der Waals surface area (Å²) in [6.07, 6.45) is 9.93. The molecule has 0 radical (unpaired) electrons. The standard InChI is InChI=1S/C23H39NO2/c1-6-11-26-16-13-18-21-15(2)12-19-23(4,10-8-20(25)24(19)5)17(21)7-9-22(18,3)14-16/h15-19,21H,6-14H2,1-5H3/t15-,16-,17?,18?,19?,21?,22+,23+/m0/s1. The third-order valence-electron chi connectivity index (χ3n) is 9.22. The zero-order chi connectivity index (χ0) is 18.7. The third-order valence-corrected chi connectivity index (χ3v) is 9.22. The molecule has 8 atom stereocenters. The highest BCUT2D eigenvalue weighted by atomic mass is 16.5. The molecule has 0 aromatic rings. The first-order valence-electron chi connectivity index (χ1n) is 11.2. The van der Waals surface area contributed by atoms with Crippen LogP contribution < -0.4 is 0 Å². The summed E-state index contributed by atoms with van der Waals surface area (Å²) < 4.78 is 6.23. The molecular formula is C23H39NO2. The molecule has 1 amide bonds. The van der Waals surface area contributed by atoms with Crippen LogP contribution in [0, 0.1) is 34.5 Å². The van der Waals surface area contributed by atoms with Crippen molar-refractivity contribution in [3.63, 3.8) is 0 Å². The number of ether oxygens (including phenoxy) is 1. The minimum atomic E-state index is 0.323. The van der Waals surface area contributed by atoms with E-state index in [-0.39, 0.29) is 0 Å². The van der Waals surface area contributed by atoms with Crippen LogP contribution >= 0.6 is 0 Å². The monoisotopic (exact) mass is 361 g/mol. The molecule has 0 N–H and O–H groups in total. The number of nitrogens with zero attached hydrogens (tertiary/aromatic N) is 1. The van der Waals surface area contributed by atoms with E-state index in [1.165, 1.54) is 32.1 Å². The van der Waals surface area contributed by atoms with Gasteiger partial charge < -0.3 is 9.64 Å². The topological polar surface area (TPSA) is 29.5 Å². The maximum absolute atomic E-state index is 12.3. The van der Waals surface area contributed by atoms with E-state index < -0.39 is 0 Å². The summed E-state index contributed by atoms with van der Waals surface area (Å²) in [4.78, 5) is 14.5. The van der Waals surface area contributed by atoms with Gasteiger partial charge in [0.1, 0.15) is 0 Å². The number of carbonyl (C=O) groups excluding carboxylic acids is 1. The van der Waals surface area contributed by atoms with Crippen molar-refractivity contribution in [2.75, 3.05) is 13.7 Å². The van der Waals surface area contributed by atoms with Gasteiger partial charge >= 0.3 is 0 Å². The second kappa shape index (κ2) is 6.50. The van der Waals surface area contributed by atoms with Gasteiger partial charge in [0.05, 0.1) is 6.10 Å². The Morgan fingerprint density at radius 1 is 1.19 bits per heavy atom. The molecule has 3 heteroatoms. The molecule has 1 aliphatic heterocycles. The van der Waals surface area contributed by atoms with Crippen LogP contribution in [0.3, 0.4) is 0 Å². The van der Waals surface area contributed by atoms with Gasteiger partial charge in [0.15, 0.2) is 0 Å². The number of likely N-dealkylation sites (tertiary alicyclic amines) is 1. The van der Waals surface area contributed by atoms with Crippen molar-refractivity contribution in [3.8, 4) is 0 Å². The van der Waals surface area contributed by atoms with Crippen molar-refractivity contribution < 1.29 is 9.53 Å². The second-order valence-corrected chi connectivity index (χ2v) is 10.7. The van der Waals surface area contributed by atoms with E-state index in [4.69, 9.17) is 4.74 Å². The number of hydrogen-bond acceptors (Lipinski definition) is 2. The van der Waals surface area contributed by atoms with E-state index in [0.717, 1.165) is 49.5 Å². The van der Waals surface area contributed by atoms with Gasteiger partial charge in [-0.2, -0.15) is 0 Å². The van der Waals surface area contributed by atoms with Crippen LogP contribution in [0.1, 0.15) is 79.1 Å². The first kappa shape index (κ1) is 18.8. The zero-order valence-electron chi connectivity index (χ0n) is 17.6. The molecule has 4 unspecified atom stereocenters. The Hall–Kier alpha value is -0.570. The molecule has 0 aromatic heterocycles. The Kier molecular flexibility index (Phi) is 4.69. The summed E-state index contributed by atoms with van der Waals surface area (Å²) in [5, 5.41) is 0. The van der Waals surface area contributed by atoms with E-state index in [1.807, 2.05) is 0 Å². The van der Waals surface area contributed by atoms with Crippen LogP contribution in [-0.2, 0) is 9.53 Å². The molecular weight excluding hydrogens is 322 g/mol. The fourth-order valence-electron chi connectivity index (χ4n) is 7.87. The zero-order valence-corrected chi connectivity index (χ0v) is 17.6. The molecule has 148 valence electrons. The largest absolute Gasteiger partial charge is 0.378 e. The molecule has 26 heavy (non-hydrogen) atoms. The van der Waals surface area contributed by atoms with E-state index in [2.05, 4.69) is 39.6 Å². The lowest BCUT2D eigenvalue weighted by Gasteiger charge is -2.63. The number of carbonyl (C=O) groups is 1. The predicted octanol–water partition coefficient (Wildman–Crippen LogP) is 4.89. The van der Waals surface area contributed by atoms with Crippen molar-refractivity contribution in [1.82, 2.24) is 4.90 Å². The number of piperidine rings is 1. The Bertz CT molecular complexity index is 562. The molecule has 1 heterocycles. The quantitative estimate of drug-likeness (QED) is 0.716. The van der Waals surface area contributed by atoms with E-state index >= 15 is 0 Å². The summed E-state index contributed by atoms with van der Waals surface area (Å²) in [6.45, 7) is 10.7. The number of rotatable bonds is 3. The van der Waals surface area contributed by atoms with Crippen LogP contribution in [0.2, 0.25) is 0 Å². The minimum Gasteiger partial charge on any atom is -0.378 e. The summed E-state index contributed by atoms with van der Waals surface area (Å²) >= 11 is 0. The predicted molar refractivity (Wildman–Crippen MR) is 105 cm³/mol. The van der Waals surface area contributed by atoms with Crippen LogP contribution in [0.5, 0.6) is 0 Å². The van der Waals surface area contributed by atoms with Gasteiger partial charge in [-0.1, -0.05) is 27.7 Å². The molecule has 0 bridgehead atoms. The van der Waals surface area contributed by atoms with Gasteiger partial charge in [-0.3, -0.25) is 4.79 Å². The fourth-order valence-corrected chi connectivity index (χ4v) is 7.87. The van der Waals surface area contributed by atoms with Crippen molar-refractivity contribution in [1.29, 1.82) is 0 Å². The second-order valence-electron chi connectivity index (χ2n) is 10.7. The average molecular weight is 362 g/mol. The molecule has 0 aromatic carbocycles. The van der Waals surface area contributed by atoms with Gasteiger partial charge in [0, 0.05) is 26.1 Å². The highest BCUT2D eigenvalue weighted by Crippen LogP contribution is 2.66. The fraction of sp³-hybridized carbons (Fsp3) is 0.957. The molecule has 4 rings (SSSR count). The summed E-state index contributed by atoms with van der Waals surface area (Å²) in [6, 6.07) is 0.456. The van der Waals surface area contributed by atoms with Gasteiger partial charge in [-0.15, -0.1) is 0 Å². The highest BCUT2D eigenvalue weighted by molar-refractivity contribution is 5.77. The molecule has 4 fully saturated rings. The Balaban J connectivity index is 1.61. The lowest BCUT2D eigenvalue weighted by atomic mass is 9.45. The maximum atomic E-state index is 12.3. The molecule has 3 nitrogen and oxygen atoms in total. The minimum absolute atomic E-state index is 0.323. The Morgan fingerprint density at radius 3 is 2.69 bits per heavy atom. The lowest BCUT2D eigenvalue weighted by Crippen LogP contribution is -2.62. The lowest BCUT2D eigenvalue weighted by molar-refractivity contribution is -0.164. The van der Waals surface area contributed by atoms with Crippen LogP contribution in [0.25, 0.3) is 0 Å². The van der Waals surface area contributed by atoms with E-state index in [1.54, 1.807) is 0 Å². The number of amides is 1. The first-order valence-corrected chi connectivity index (χ1v) is 11.2. The molecule has 0 spiro atoms. The number of hydrogen-bond donors (Lipinski definition) is 0. The van der Waals surface area contributed by atoms with Gasteiger partial charge in [-0.05, 0) is 79.4 Å². The average Bonchev–Trinajstić information content (AvgIpc) is 2.95. The normalized spacial score (nSPS) is 51.0. The summed E-state index contributed by atoms with van der Waals surface area (Å²) in [7, 11) is 2.06. The van der Waals surface area contributed by atoms with Crippen LogP contribution in [-0.4, -0.2) is 36.6 Å². The van der Waals surface area contributed by atoms with Gasteiger partial charge in [0.25, 0.3) is 0 Å².